The van der Waals surface area contributed by atoms with Crippen molar-refractivity contribution in [2.24, 2.45) is 0 Å². The average molecular weight is 261 g/mol. The molecule has 0 radical (unpaired) electrons. The molecule has 0 aromatic heterocycles. The highest BCUT2D eigenvalue weighted by molar-refractivity contribution is 5.77. The molecule has 3 heteroatoms. The number of benzene rings is 1. The third kappa shape index (κ3) is 3.57. The number of piperidine rings is 1. The van der Waals surface area contributed by atoms with Gasteiger partial charge < -0.3 is 9.64 Å². The second-order valence-electron chi connectivity index (χ2n) is 5.25. The molecular weight excluding hydrogens is 238 g/mol. The Bertz CT molecular complexity index is 413. The molecule has 1 amide bonds. The Morgan fingerprint density at radius 1 is 1.32 bits per heavy atom. The van der Waals surface area contributed by atoms with Crippen LogP contribution < -0.4 is 0 Å². The highest BCUT2D eigenvalue weighted by atomic mass is 16.5. The van der Waals surface area contributed by atoms with Gasteiger partial charge in [0.05, 0.1) is 19.1 Å². The molecule has 0 N–H and O–H groups in total. The number of likely N-dealkylation sites (tertiary alicyclic amines) is 1. The van der Waals surface area contributed by atoms with Crippen LogP contribution in [0.15, 0.2) is 24.3 Å². The van der Waals surface area contributed by atoms with E-state index in [1.165, 1.54) is 17.5 Å². The van der Waals surface area contributed by atoms with E-state index >= 15 is 0 Å². The van der Waals surface area contributed by atoms with Gasteiger partial charge in [-0.05, 0) is 31.7 Å². The second kappa shape index (κ2) is 6.71. The number of ether oxygens (including phenoxy) is 1. The predicted molar refractivity (Wildman–Crippen MR) is 76.0 cm³/mol. The van der Waals surface area contributed by atoms with Crippen LogP contribution in [0.4, 0.5) is 0 Å². The number of nitrogens with zero attached hydrogens (tertiary/aromatic N) is 1. The Morgan fingerprint density at radius 3 is 2.74 bits per heavy atom. The van der Waals surface area contributed by atoms with Crippen LogP contribution in [-0.4, -0.2) is 31.1 Å². The largest absolute Gasteiger partial charge is 0.384 e. The van der Waals surface area contributed by atoms with Gasteiger partial charge in [0.15, 0.2) is 0 Å². The number of carbonyl (C=O) groups is 1. The maximum Gasteiger partial charge on any atom is 0.225 e. The summed E-state index contributed by atoms with van der Waals surface area (Å²) in [5, 5.41) is 0. The van der Waals surface area contributed by atoms with E-state index in [0.717, 1.165) is 19.4 Å². The third-order valence-corrected chi connectivity index (χ3v) is 3.81. The minimum Gasteiger partial charge on any atom is -0.384 e. The lowest BCUT2D eigenvalue weighted by Crippen LogP contribution is -2.38. The molecule has 0 bridgehead atoms. The lowest BCUT2D eigenvalue weighted by molar-refractivity contribution is -0.136. The van der Waals surface area contributed by atoms with Gasteiger partial charge in [-0.25, -0.2) is 0 Å². The normalized spacial score (nSPS) is 19.5. The minimum absolute atomic E-state index is 0.215. The first kappa shape index (κ1) is 14.1. The molecule has 1 atom stereocenters. The van der Waals surface area contributed by atoms with E-state index in [2.05, 4.69) is 31.2 Å². The smallest absolute Gasteiger partial charge is 0.225 e. The van der Waals surface area contributed by atoms with Crippen molar-refractivity contribution < 1.29 is 9.53 Å². The van der Waals surface area contributed by atoms with Gasteiger partial charge in [-0.15, -0.1) is 0 Å². The van der Waals surface area contributed by atoms with Gasteiger partial charge in [0.25, 0.3) is 0 Å². The summed E-state index contributed by atoms with van der Waals surface area (Å²) >= 11 is 0. The Kier molecular flexibility index (Phi) is 4.97. The molecule has 1 aromatic carbocycles. The van der Waals surface area contributed by atoms with Crippen molar-refractivity contribution in [3.8, 4) is 0 Å². The van der Waals surface area contributed by atoms with Crippen LogP contribution >= 0.6 is 0 Å². The summed E-state index contributed by atoms with van der Waals surface area (Å²) in [6.45, 7) is 3.48. The van der Waals surface area contributed by atoms with Gasteiger partial charge >= 0.3 is 0 Å². The van der Waals surface area contributed by atoms with Crippen molar-refractivity contribution in [3.63, 3.8) is 0 Å². The number of carbonyl (C=O) groups excluding carboxylic acids is 1. The van der Waals surface area contributed by atoms with Gasteiger partial charge in [-0.3, -0.25) is 4.79 Å². The van der Waals surface area contributed by atoms with Crippen molar-refractivity contribution >= 4 is 5.91 Å². The average Bonchev–Trinajstić information content (AvgIpc) is 2.45. The van der Waals surface area contributed by atoms with Crippen LogP contribution in [-0.2, 0) is 9.53 Å². The molecule has 1 aliphatic heterocycles. The Balaban J connectivity index is 2.11. The molecule has 1 fully saturated rings. The summed E-state index contributed by atoms with van der Waals surface area (Å²) in [6.07, 6.45) is 3.87. The Labute approximate surface area is 115 Å². The quantitative estimate of drug-likeness (QED) is 0.833. The van der Waals surface area contributed by atoms with E-state index in [0.29, 0.717) is 13.0 Å². The van der Waals surface area contributed by atoms with Gasteiger partial charge in [0.2, 0.25) is 5.91 Å². The summed E-state index contributed by atoms with van der Waals surface area (Å²) in [5.74, 6) is 0.215. The lowest BCUT2D eigenvalue weighted by Gasteiger charge is -2.36. The zero-order chi connectivity index (χ0) is 13.7. The summed E-state index contributed by atoms with van der Waals surface area (Å²) in [4.78, 5) is 14.3. The zero-order valence-electron chi connectivity index (χ0n) is 11.9. The van der Waals surface area contributed by atoms with Gasteiger partial charge in [-0.1, -0.05) is 29.8 Å². The summed E-state index contributed by atoms with van der Waals surface area (Å²) in [5.41, 5.74) is 2.52. The first-order chi connectivity index (χ1) is 9.22. The topological polar surface area (TPSA) is 29.5 Å². The van der Waals surface area contributed by atoms with E-state index < -0.39 is 0 Å². The van der Waals surface area contributed by atoms with Crippen molar-refractivity contribution in [2.75, 3.05) is 20.3 Å². The number of rotatable bonds is 4. The highest BCUT2D eigenvalue weighted by Gasteiger charge is 2.27. The molecule has 0 saturated carbocycles. The van der Waals surface area contributed by atoms with Crippen LogP contribution in [0.1, 0.15) is 42.9 Å². The van der Waals surface area contributed by atoms with Crippen LogP contribution in [0.3, 0.4) is 0 Å². The minimum atomic E-state index is 0.215. The highest BCUT2D eigenvalue weighted by Crippen LogP contribution is 2.31. The van der Waals surface area contributed by atoms with Crippen molar-refractivity contribution in [2.45, 2.75) is 38.6 Å². The molecular formula is C16H23NO2. The van der Waals surface area contributed by atoms with E-state index in [-0.39, 0.29) is 11.9 Å². The summed E-state index contributed by atoms with van der Waals surface area (Å²) in [7, 11) is 1.64. The molecule has 19 heavy (non-hydrogen) atoms. The van der Waals surface area contributed by atoms with Crippen molar-refractivity contribution in [1.29, 1.82) is 0 Å². The lowest BCUT2D eigenvalue weighted by atomic mass is 9.94. The number of methoxy groups -OCH3 is 1. The van der Waals surface area contributed by atoms with E-state index in [1.807, 2.05) is 4.90 Å². The Morgan fingerprint density at radius 2 is 2.05 bits per heavy atom. The maximum atomic E-state index is 12.3. The van der Waals surface area contributed by atoms with Gasteiger partial charge in [-0.2, -0.15) is 0 Å². The maximum absolute atomic E-state index is 12.3. The molecule has 0 unspecified atom stereocenters. The monoisotopic (exact) mass is 261 g/mol. The molecule has 104 valence electrons. The molecule has 1 saturated heterocycles. The third-order valence-electron chi connectivity index (χ3n) is 3.81. The summed E-state index contributed by atoms with van der Waals surface area (Å²) in [6, 6.07) is 8.81. The SMILES string of the molecule is COCCC(=O)N1CCCC[C@@H]1c1ccc(C)cc1. The standard InChI is InChI=1S/C16H23NO2/c1-13-6-8-14(9-7-13)15-5-3-4-11-17(15)16(18)10-12-19-2/h6-9,15H,3-5,10-12H2,1-2H3/t15-/m1/s1. The number of hydrogen-bond donors (Lipinski definition) is 0. The molecule has 0 aliphatic carbocycles. The van der Waals surface area contributed by atoms with E-state index in [1.54, 1.807) is 7.11 Å². The molecule has 3 nitrogen and oxygen atoms in total. The first-order valence-corrected chi connectivity index (χ1v) is 7.07. The number of hydrogen-bond acceptors (Lipinski definition) is 2. The van der Waals surface area contributed by atoms with Crippen LogP contribution in [0.5, 0.6) is 0 Å². The van der Waals surface area contributed by atoms with Crippen LogP contribution in [0.2, 0.25) is 0 Å². The van der Waals surface area contributed by atoms with E-state index in [4.69, 9.17) is 4.74 Å². The van der Waals surface area contributed by atoms with Gasteiger partial charge in [0, 0.05) is 13.7 Å². The Hall–Kier alpha value is -1.35. The fourth-order valence-corrected chi connectivity index (χ4v) is 2.70. The molecule has 2 rings (SSSR count). The van der Waals surface area contributed by atoms with Crippen LogP contribution in [0.25, 0.3) is 0 Å². The molecule has 1 aromatic rings. The fraction of sp³-hybridized carbons (Fsp3) is 0.562. The predicted octanol–water partition coefficient (Wildman–Crippen LogP) is 3.09. The molecule has 1 heterocycles. The fourth-order valence-electron chi connectivity index (χ4n) is 2.70. The van der Waals surface area contributed by atoms with Crippen molar-refractivity contribution in [3.05, 3.63) is 35.4 Å². The number of amides is 1. The second-order valence-corrected chi connectivity index (χ2v) is 5.25. The van der Waals surface area contributed by atoms with Crippen molar-refractivity contribution in [1.82, 2.24) is 4.90 Å². The molecule has 0 spiro atoms. The zero-order valence-corrected chi connectivity index (χ0v) is 11.9. The summed E-state index contributed by atoms with van der Waals surface area (Å²) < 4.78 is 5.01. The molecule has 1 aliphatic rings. The van der Waals surface area contributed by atoms with Crippen LogP contribution in [0, 0.1) is 6.92 Å². The van der Waals surface area contributed by atoms with E-state index in [9.17, 15) is 4.79 Å². The van der Waals surface area contributed by atoms with Gasteiger partial charge in [0.1, 0.15) is 0 Å². The first-order valence-electron chi connectivity index (χ1n) is 7.07. The number of aryl methyl sites for hydroxylation is 1.